The first kappa shape index (κ1) is 18.7. The SMILES string of the molecule is O=C1CCN(c2nn(CC(F)(F)F)c3cc(C4CCNCC4)ccc23)C(=O)N1. The fourth-order valence-corrected chi connectivity index (χ4v) is 3.84. The number of halogens is 3. The molecule has 2 N–H and O–H groups in total. The van der Waals surface area contributed by atoms with Gasteiger partial charge in [0.05, 0.1) is 5.52 Å². The van der Waals surface area contributed by atoms with Gasteiger partial charge < -0.3 is 5.32 Å². The molecule has 1 aromatic heterocycles. The van der Waals surface area contributed by atoms with Crippen molar-refractivity contribution in [3.63, 3.8) is 0 Å². The molecule has 1 aromatic carbocycles. The van der Waals surface area contributed by atoms with Crippen molar-refractivity contribution in [3.05, 3.63) is 23.8 Å². The second-order valence-electron chi connectivity index (χ2n) is 7.15. The second-order valence-corrected chi connectivity index (χ2v) is 7.15. The maximum absolute atomic E-state index is 13.1. The fourth-order valence-electron chi connectivity index (χ4n) is 3.84. The van der Waals surface area contributed by atoms with Crippen molar-refractivity contribution in [2.24, 2.45) is 0 Å². The van der Waals surface area contributed by atoms with Gasteiger partial charge in [0.1, 0.15) is 6.54 Å². The molecule has 3 heterocycles. The molecule has 0 spiro atoms. The molecule has 0 bridgehead atoms. The van der Waals surface area contributed by atoms with E-state index >= 15 is 0 Å². The highest BCUT2D eigenvalue weighted by atomic mass is 19.4. The molecule has 2 aliphatic heterocycles. The predicted octanol–water partition coefficient (Wildman–Crippen LogP) is 2.51. The summed E-state index contributed by atoms with van der Waals surface area (Å²) in [4.78, 5) is 24.8. The van der Waals surface area contributed by atoms with E-state index in [-0.39, 0.29) is 24.7 Å². The third kappa shape index (κ3) is 3.68. The van der Waals surface area contributed by atoms with Gasteiger partial charge in [0, 0.05) is 18.4 Å². The Bertz CT molecular complexity index is 918. The number of hydrogen-bond acceptors (Lipinski definition) is 4. The molecule has 2 fully saturated rings. The molecule has 0 aliphatic carbocycles. The Morgan fingerprint density at radius 1 is 1.18 bits per heavy atom. The normalized spacial score (nSPS) is 19.3. The number of benzene rings is 1. The highest BCUT2D eigenvalue weighted by Crippen LogP contribution is 2.34. The number of rotatable bonds is 3. The molecule has 28 heavy (non-hydrogen) atoms. The third-order valence-electron chi connectivity index (χ3n) is 5.21. The Morgan fingerprint density at radius 3 is 2.61 bits per heavy atom. The van der Waals surface area contributed by atoms with Crippen molar-refractivity contribution in [2.45, 2.75) is 37.9 Å². The number of anilines is 1. The summed E-state index contributed by atoms with van der Waals surface area (Å²) < 4.78 is 40.2. The Balaban J connectivity index is 1.77. The Hall–Kier alpha value is -2.62. The van der Waals surface area contributed by atoms with Crippen LogP contribution in [0.25, 0.3) is 10.9 Å². The van der Waals surface area contributed by atoms with Crippen LogP contribution in [0.4, 0.5) is 23.8 Å². The molecule has 150 valence electrons. The average Bonchev–Trinajstić information content (AvgIpc) is 2.98. The zero-order chi connectivity index (χ0) is 19.9. The standard InChI is InChI=1S/C18H20F3N5O2/c19-18(20,21)10-26-14-9-12(11-3-6-22-7-4-11)1-2-13(14)16(24-26)25-8-5-15(27)23-17(25)28/h1-2,9,11,22H,3-8,10H2,(H,23,27,28). The number of carbonyl (C=O) groups is 2. The van der Waals surface area contributed by atoms with Gasteiger partial charge in [-0.15, -0.1) is 0 Å². The Kier molecular flexibility index (Phi) is 4.74. The third-order valence-corrected chi connectivity index (χ3v) is 5.21. The molecule has 4 rings (SSSR count). The second kappa shape index (κ2) is 7.08. The highest BCUT2D eigenvalue weighted by Gasteiger charge is 2.33. The van der Waals surface area contributed by atoms with Gasteiger partial charge in [-0.1, -0.05) is 6.07 Å². The van der Waals surface area contributed by atoms with Crippen LogP contribution in [-0.4, -0.2) is 47.5 Å². The molecule has 2 aromatic rings. The number of alkyl halides is 3. The summed E-state index contributed by atoms with van der Waals surface area (Å²) in [7, 11) is 0. The number of aromatic nitrogens is 2. The molecule has 10 heteroatoms. The van der Waals surface area contributed by atoms with E-state index in [9.17, 15) is 22.8 Å². The fraction of sp³-hybridized carbons (Fsp3) is 0.500. The predicted molar refractivity (Wildman–Crippen MR) is 96.1 cm³/mol. The van der Waals surface area contributed by atoms with Crippen LogP contribution >= 0.6 is 0 Å². The van der Waals surface area contributed by atoms with E-state index in [0.717, 1.165) is 36.2 Å². The number of carbonyl (C=O) groups excluding carboxylic acids is 2. The summed E-state index contributed by atoms with van der Waals surface area (Å²) in [6.45, 7) is 0.585. The number of piperidine rings is 1. The maximum Gasteiger partial charge on any atom is 0.408 e. The van der Waals surface area contributed by atoms with E-state index in [1.807, 2.05) is 6.07 Å². The lowest BCUT2D eigenvalue weighted by Gasteiger charge is -2.25. The maximum atomic E-state index is 13.1. The monoisotopic (exact) mass is 395 g/mol. The van der Waals surface area contributed by atoms with Gasteiger partial charge in [0.15, 0.2) is 5.82 Å². The quantitative estimate of drug-likeness (QED) is 0.837. The molecular weight excluding hydrogens is 375 g/mol. The minimum absolute atomic E-state index is 0.0759. The van der Waals surface area contributed by atoms with Crippen molar-refractivity contribution < 1.29 is 22.8 Å². The number of hydrogen-bond donors (Lipinski definition) is 2. The van der Waals surface area contributed by atoms with Gasteiger partial charge >= 0.3 is 12.2 Å². The average molecular weight is 395 g/mol. The van der Waals surface area contributed by atoms with E-state index in [1.54, 1.807) is 12.1 Å². The van der Waals surface area contributed by atoms with Crippen molar-refractivity contribution in [3.8, 4) is 0 Å². The molecule has 0 saturated carbocycles. The number of amides is 3. The lowest BCUT2D eigenvalue weighted by molar-refractivity contribution is -0.141. The van der Waals surface area contributed by atoms with Crippen LogP contribution in [-0.2, 0) is 11.3 Å². The molecule has 3 amide bonds. The minimum Gasteiger partial charge on any atom is -0.317 e. The molecule has 7 nitrogen and oxygen atoms in total. The van der Waals surface area contributed by atoms with E-state index in [1.165, 1.54) is 4.90 Å². The lowest BCUT2D eigenvalue weighted by Crippen LogP contribution is -2.49. The molecular formula is C18H20F3N5O2. The van der Waals surface area contributed by atoms with Crippen molar-refractivity contribution in [2.75, 3.05) is 24.5 Å². The lowest BCUT2D eigenvalue weighted by atomic mass is 9.90. The van der Waals surface area contributed by atoms with Crippen LogP contribution in [0.2, 0.25) is 0 Å². The van der Waals surface area contributed by atoms with Crippen LogP contribution in [0.1, 0.15) is 30.7 Å². The number of fused-ring (bicyclic) bond motifs is 1. The van der Waals surface area contributed by atoms with Crippen LogP contribution in [0.3, 0.4) is 0 Å². The molecule has 0 radical (unpaired) electrons. The molecule has 2 saturated heterocycles. The van der Waals surface area contributed by atoms with Gasteiger partial charge in [-0.25, -0.2) is 4.79 Å². The summed E-state index contributed by atoms with van der Waals surface area (Å²) in [5, 5.41) is 10.0. The smallest absolute Gasteiger partial charge is 0.317 e. The van der Waals surface area contributed by atoms with Crippen molar-refractivity contribution >= 4 is 28.7 Å². The first-order valence-electron chi connectivity index (χ1n) is 9.21. The van der Waals surface area contributed by atoms with E-state index in [2.05, 4.69) is 15.7 Å². The molecule has 0 atom stereocenters. The van der Waals surface area contributed by atoms with E-state index in [4.69, 9.17) is 0 Å². The van der Waals surface area contributed by atoms with Crippen molar-refractivity contribution in [1.82, 2.24) is 20.4 Å². The van der Waals surface area contributed by atoms with E-state index < -0.39 is 24.7 Å². The van der Waals surface area contributed by atoms with Crippen LogP contribution in [0, 0.1) is 0 Å². The Morgan fingerprint density at radius 2 is 1.93 bits per heavy atom. The molecule has 0 unspecified atom stereocenters. The summed E-state index contributed by atoms with van der Waals surface area (Å²) >= 11 is 0. The number of imide groups is 1. The largest absolute Gasteiger partial charge is 0.408 e. The first-order valence-corrected chi connectivity index (χ1v) is 9.21. The minimum atomic E-state index is -4.44. The van der Waals surface area contributed by atoms with Gasteiger partial charge in [-0.05, 0) is 49.5 Å². The van der Waals surface area contributed by atoms with Gasteiger partial charge in [0.2, 0.25) is 5.91 Å². The highest BCUT2D eigenvalue weighted by molar-refractivity contribution is 6.08. The summed E-state index contributed by atoms with van der Waals surface area (Å²) in [6.07, 6.45) is -2.53. The summed E-state index contributed by atoms with van der Waals surface area (Å²) in [5.74, 6) is 0.00817. The van der Waals surface area contributed by atoms with Crippen molar-refractivity contribution in [1.29, 1.82) is 0 Å². The van der Waals surface area contributed by atoms with Gasteiger partial charge in [-0.2, -0.15) is 18.3 Å². The van der Waals surface area contributed by atoms with Crippen LogP contribution in [0.5, 0.6) is 0 Å². The zero-order valence-corrected chi connectivity index (χ0v) is 15.1. The summed E-state index contributed by atoms with van der Waals surface area (Å²) in [5.41, 5.74) is 1.32. The number of nitrogens with one attached hydrogen (secondary N) is 2. The number of urea groups is 1. The van der Waals surface area contributed by atoms with Crippen LogP contribution in [0.15, 0.2) is 18.2 Å². The first-order chi connectivity index (χ1) is 13.3. The zero-order valence-electron chi connectivity index (χ0n) is 15.1. The molecule has 2 aliphatic rings. The number of nitrogens with zero attached hydrogens (tertiary/aromatic N) is 3. The summed E-state index contributed by atoms with van der Waals surface area (Å²) in [6, 6.07) is 4.71. The van der Waals surface area contributed by atoms with E-state index in [0.29, 0.717) is 10.9 Å². The van der Waals surface area contributed by atoms with Gasteiger partial charge in [-0.3, -0.25) is 19.7 Å². The topological polar surface area (TPSA) is 79.3 Å². The Labute approximate surface area is 158 Å². The van der Waals surface area contributed by atoms with Crippen LogP contribution < -0.4 is 15.5 Å². The van der Waals surface area contributed by atoms with Gasteiger partial charge in [0.25, 0.3) is 0 Å².